The molecule has 0 spiro atoms. The van der Waals surface area contributed by atoms with Gasteiger partial charge in [0.05, 0.1) is 5.69 Å². The average Bonchev–Trinajstić information content (AvgIpc) is 3.41. The Morgan fingerprint density at radius 3 is 2.79 bits per heavy atom. The van der Waals surface area contributed by atoms with Gasteiger partial charge in [-0.2, -0.15) is 4.98 Å². The molecule has 1 N–H and O–H groups in total. The van der Waals surface area contributed by atoms with Crippen LogP contribution in [0.1, 0.15) is 29.2 Å². The van der Waals surface area contributed by atoms with E-state index in [2.05, 4.69) is 31.0 Å². The van der Waals surface area contributed by atoms with Crippen LogP contribution in [0.15, 0.2) is 59.4 Å². The monoisotopic (exact) mass is 379 g/mol. The van der Waals surface area contributed by atoms with Crippen molar-refractivity contribution in [3.8, 4) is 17.1 Å². The molecule has 2 aromatic heterocycles. The van der Waals surface area contributed by atoms with Crippen molar-refractivity contribution < 1.29 is 13.7 Å². The van der Waals surface area contributed by atoms with Crippen molar-refractivity contribution in [2.24, 2.45) is 0 Å². The fraction of sp³-hybridized carbons (Fsp3) is 0.111. The Morgan fingerprint density at radius 2 is 2.04 bits per heavy atom. The first-order valence-corrected chi connectivity index (χ1v) is 8.34. The summed E-state index contributed by atoms with van der Waals surface area (Å²) in [5.74, 6) is -0.109. The first-order valence-electron chi connectivity index (χ1n) is 8.34. The zero-order chi connectivity index (χ0) is 19.5. The molecule has 0 saturated heterocycles. The second-order valence-corrected chi connectivity index (χ2v) is 5.96. The van der Waals surface area contributed by atoms with E-state index in [0.29, 0.717) is 22.6 Å². The second kappa shape index (κ2) is 7.35. The van der Waals surface area contributed by atoms with Gasteiger partial charge in [0.15, 0.2) is 0 Å². The molecule has 28 heavy (non-hydrogen) atoms. The van der Waals surface area contributed by atoms with Crippen molar-refractivity contribution in [1.82, 2.24) is 35.7 Å². The molecule has 0 aliphatic carbocycles. The minimum atomic E-state index is -0.522. The lowest BCUT2D eigenvalue weighted by Gasteiger charge is -2.10. The van der Waals surface area contributed by atoms with Crippen LogP contribution in [-0.2, 0) is 0 Å². The Hall–Kier alpha value is -3.95. The first kappa shape index (κ1) is 17.5. The molecule has 0 unspecified atom stereocenters. The van der Waals surface area contributed by atoms with Gasteiger partial charge >= 0.3 is 0 Å². The summed E-state index contributed by atoms with van der Waals surface area (Å²) in [5.41, 5.74) is 1.70. The van der Waals surface area contributed by atoms with E-state index in [4.69, 9.17) is 4.52 Å². The number of carbonyl (C=O) groups is 1. The van der Waals surface area contributed by atoms with E-state index in [0.717, 1.165) is 0 Å². The molecule has 1 atom stereocenters. The summed E-state index contributed by atoms with van der Waals surface area (Å²) in [5, 5.41) is 17.6. The van der Waals surface area contributed by atoms with Crippen molar-refractivity contribution in [2.75, 3.05) is 0 Å². The third-order valence-corrected chi connectivity index (χ3v) is 3.98. The van der Waals surface area contributed by atoms with E-state index in [1.807, 2.05) is 0 Å². The number of aromatic nitrogens is 6. The number of nitrogens with one attached hydrogen (secondary N) is 1. The highest BCUT2D eigenvalue weighted by Crippen LogP contribution is 2.19. The van der Waals surface area contributed by atoms with Crippen LogP contribution >= 0.6 is 0 Å². The largest absolute Gasteiger partial charge is 0.341 e. The third-order valence-electron chi connectivity index (χ3n) is 3.98. The Labute approximate surface area is 158 Å². The standard InChI is InChI=1S/C18H14FN7O2/c1-11(18-22-16(23-28-18)12-5-7-14(19)8-6-12)21-17(27)13-3-2-4-15(9-13)26-10-20-24-25-26/h2-11H,1H3,(H,21,27)/t11-/m0/s1. The van der Waals surface area contributed by atoms with Gasteiger partial charge in [-0.15, -0.1) is 5.10 Å². The summed E-state index contributed by atoms with van der Waals surface area (Å²) in [4.78, 5) is 16.8. The fourth-order valence-electron chi connectivity index (χ4n) is 2.54. The van der Waals surface area contributed by atoms with Gasteiger partial charge in [0.2, 0.25) is 11.7 Å². The van der Waals surface area contributed by atoms with Gasteiger partial charge in [-0.3, -0.25) is 4.79 Å². The summed E-state index contributed by atoms with van der Waals surface area (Å²) in [6.45, 7) is 1.73. The molecule has 0 aliphatic rings. The van der Waals surface area contributed by atoms with E-state index in [9.17, 15) is 9.18 Å². The van der Waals surface area contributed by atoms with Crippen LogP contribution in [0.4, 0.5) is 4.39 Å². The van der Waals surface area contributed by atoms with Gasteiger partial charge in [-0.25, -0.2) is 9.07 Å². The molecule has 2 heterocycles. The molecular weight excluding hydrogens is 365 g/mol. The number of halogens is 1. The average molecular weight is 379 g/mol. The number of rotatable bonds is 5. The molecule has 0 bridgehead atoms. The number of benzene rings is 2. The Kier molecular flexibility index (Phi) is 4.58. The van der Waals surface area contributed by atoms with Gasteiger partial charge in [0.25, 0.3) is 5.91 Å². The summed E-state index contributed by atoms with van der Waals surface area (Å²) < 4.78 is 19.7. The highest BCUT2D eigenvalue weighted by molar-refractivity contribution is 5.94. The lowest BCUT2D eigenvalue weighted by atomic mass is 10.1. The minimum Gasteiger partial charge on any atom is -0.341 e. The summed E-state index contributed by atoms with van der Waals surface area (Å²) in [6.07, 6.45) is 1.44. The molecule has 0 saturated carbocycles. The second-order valence-electron chi connectivity index (χ2n) is 5.96. The van der Waals surface area contributed by atoms with Crippen molar-refractivity contribution >= 4 is 5.91 Å². The maximum Gasteiger partial charge on any atom is 0.251 e. The molecule has 0 radical (unpaired) electrons. The Morgan fingerprint density at radius 1 is 1.21 bits per heavy atom. The van der Waals surface area contributed by atoms with E-state index < -0.39 is 6.04 Å². The molecule has 10 heteroatoms. The van der Waals surface area contributed by atoms with Crippen LogP contribution in [-0.4, -0.2) is 36.3 Å². The van der Waals surface area contributed by atoms with Crippen LogP contribution in [0, 0.1) is 5.82 Å². The zero-order valence-corrected chi connectivity index (χ0v) is 14.7. The van der Waals surface area contributed by atoms with Gasteiger partial charge in [0.1, 0.15) is 18.2 Å². The molecule has 0 aliphatic heterocycles. The maximum absolute atomic E-state index is 13.0. The van der Waals surface area contributed by atoms with E-state index in [-0.39, 0.29) is 17.6 Å². The van der Waals surface area contributed by atoms with Crippen molar-refractivity contribution in [1.29, 1.82) is 0 Å². The van der Waals surface area contributed by atoms with Gasteiger partial charge in [0, 0.05) is 11.1 Å². The molecule has 2 aromatic carbocycles. The maximum atomic E-state index is 13.0. The van der Waals surface area contributed by atoms with Crippen LogP contribution < -0.4 is 5.32 Å². The van der Waals surface area contributed by atoms with Crippen LogP contribution in [0.2, 0.25) is 0 Å². The summed E-state index contributed by atoms with van der Waals surface area (Å²) in [6, 6.07) is 12.1. The highest BCUT2D eigenvalue weighted by Gasteiger charge is 2.18. The van der Waals surface area contributed by atoms with Crippen LogP contribution in [0.5, 0.6) is 0 Å². The predicted molar refractivity (Wildman–Crippen MR) is 94.7 cm³/mol. The Balaban J connectivity index is 1.48. The SMILES string of the molecule is C[C@H](NC(=O)c1cccc(-n2cnnn2)c1)c1nc(-c2ccc(F)cc2)no1. The molecule has 4 rings (SSSR count). The van der Waals surface area contributed by atoms with Crippen molar-refractivity contribution in [3.05, 3.63) is 72.1 Å². The molecule has 140 valence electrons. The number of hydrogen-bond donors (Lipinski definition) is 1. The van der Waals surface area contributed by atoms with E-state index in [1.165, 1.54) is 23.1 Å². The number of tetrazole rings is 1. The van der Waals surface area contributed by atoms with Crippen LogP contribution in [0.3, 0.4) is 0 Å². The highest BCUT2D eigenvalue weighted by atomic mass is 19.1. The first-order chi connectivity index (χ1) is 13.6. The molecule has 0 fully saturated rings. The van der Waals surface area contributed by atoms with Crippen molar-refractivity contribution in [3.63, 3.8) is 0 Å². The van der Waals surface area contributed by atoms with Gasteiger partial charge in [-0.05, 0) is 59.8 Å². The number of nitrogens with zero attached hydrogens (tertiary/aromatic N) is 6. The van der Waals surface area contributed by atoms with Crippen molar-refractivity contribution in [2.45, 2.75) is 13.0 Å². The zero-order valence-electron chi connectivity index (χ0n) is 14.7. The number of amides is 1. The fourth-order valence-corrected chi connectivity index (χ4v) is 2.54. The molecule has 4 aromatic rings. The molecule has 1 amide bonds. The minimum absolute atomic E-state index is 0.240. The normalized spacial score (nSPS) is 11.9. The smallest absolute Gasteiger partial charge is 0.251 e. The van der Waals surface area contributed by atoms with Crippen LogP contribution in [0.25, 0.3) is 17.1 Å². The van der Waals surface area contributed by atoms with Gasteiger partial charge < -0.3 is 9.84 Å². The number of hydrogen-bond acceptors (Lipinski definition) is 7. The lowest BCUT2D eigenvalue weighted by molar-refractivity contribution is 0.0932. The van der Waals surface area contributed by atoms with E-state index >= 15 is 0 Å². The summed E-state index contributed by atoms with van der Waals surface area (Å²) in [7, 11) is 0. The topological polar surface area (TPSA) is 112 Å². The Bertz CT molecular complexity index is 1090. The predicted octanol–water partition coefficient (Wildman–Crippen LogP) is 2.34. The van der Waals surface area contributed by atoms with Gasteiger partial charge in [-0.1, -0.05) is 11.2 Å². The van der Waals surface area contributed by atoms with E-state index in [1.54, 1.807) is 43.3 Å². The molecular formula is C18H14FN7O2. The molecule has 9 nitrogen and oxygen atoms in total. The summed E-state index contributed by atoms with van der Waals surface area (Å²) >= 11 is 0. The lowest BCUT2D eigenvalue weighted by Crippen LogP contribution is -2.27. The number of carbonyl (C=O) groups excluding carboxylic acids is 1. The quantitative estimate of drug-likeness (QED) is 0.566. The third kappa shape index (κ3) is 3.61.